The zero-order valence-corrected chi connectivity index (χ0v) is 14.7. The molecule has 0 spiro atoms. The van der Waals surface area contributed by atoms with Crippen LogP contribution in [0.1, 0.15) is 54.2 Å². The van der Waals surface area contributed by atoms with E-state index in [0.717, 1.165) is 38.5 Å². The lowest BCUT2D eigenvalue weighted by Crippen LogP contribution is -2.51. The fourth-order valence-corrected chi connectivity index (χ4v) is 5.15. The van der Waals surface area contributed by atoms with Gasteiger partial charge in [-0.2, -0.15) is 0 Å². The molecule has 3 nitrogen and oxygen atoms in total. The zero-order valence-electron chi connectivity index (χ0n) is 13.8. The van der Waals surface area contributed by atoms with Crippen LogP contribution >= 0.6 is 11.3 Å². The summed E-state index contributed by atoms with van der Waals surface area (Å²) in [6, 6.07) is 5.25. The molecule has 1 saturated heterocycles. The van der Waals surface area contributed by atoms with Crippen LogP contribution in [0.4, 0.5) is 0 Å². The number of hydrogen-bond donors (Lipinski definition) is 1. The summed E-state index contributed by atoms with van der Waals surface area (Å²) in [4.78, 5) is 8.11. The van der Waals surface area contributed by atoms with Crippen LogP contribution in [-0.2, 0) is 6.54 Å². The monoisotopic (exact) mass is 322 g/mol. The Hall–Kier alpha value is -0.420. The smallest absolute Gasteiger partial charge is 0.0446 e. The predicted molar refractivity (Wildman–Crippen MR) is 93.5 cm³/mol. The molecule has 0 amide bonds. The van der Waals surface area contributed by atoms with Crippen LogP contribution in [0, 0.1) is 0 Å². The van der Waals surface area contributed by atoms with Crippen molar-refractivity contribution in [1.82, 2.24) is 9.80 Å². The molecule has 0 aromatic carbocycles. The Morgan fingerprint density at radius 3 is 2.77 bits per heavy atom. The predicted octanol–water partition coefficient (Wildman–Crippen LogP) is 3.29. The number of aliphatic hydroxyl groups is 1. The molecule has 1 aromatic heterocycles. The number of aliphatic hydroxyl groups excluding tert-OH is 1. The Kier molecular flexibility index (Phi) is 5.91. The SMILES string of the molecule is CN1CCN(Cc2ccc(C3CCCCC3)s2)CC1CCO. The van der Waals surface area contributed by atoms with Gasteiger partial charge >= 0.3 is 0 Å². The molecule has 1 aliphatic carbocycles. The van der Waals surface area contributed by atoms with E-state index in [-0.39, 0.29) is 0 Å². The van der Waals surface area contributed by atoms with Crippen molar-refractivity contribution in [3.63, 3.8) is 0 Å². The molecule has 3 rings (SSSR count). The van der Waals surface area contributed by atoms with Crippen molar-refractivity contribution in [2.24, 2.45) is 0 Å². The number of hydrogen-bond acceptors (Lipinski definition) is 4. The van der Waals surface area contributed by atoms with Crippen LogP contribution < -0.4 is 0 Å². The van der Waals surface area contributed by atoms with Crippen LogP contribution in [0.3, 0.4) is 0 Å². The normalized spacial score (nSPS) is 25.6. The second-order valence-electron chi connectivity index (χ2n) is 7.02. The maximum Gasteiger partial charge on any atom is 0.0446 e. The molecule has 1 N–H and O–H groups in total. The first-order chi connectivity index (χ1) is 10.8. The standard InChI is InChI=1S/C18H30N2OS/c1-19-10-11-20(13-16(19)9-12-21)14-17-7-8-18(22-17)15-5-3-2-4-6-15/h7-8,15-16,21H,2-6,9-14H2,1H3. The highest BCUT2D eigenvalue weighted by Crippen LogP contribution is 2.36. The Morgan fingerprint density at radius 2 is 2.00 bits per heavy atom. The van der Waals surface area contributed by atoms with Gasteiger partial charge in [-0.05, 0) is 44.4 Å². The van der Waals surface area contributed by atoms with Crippen LogP contribution in [-0.4, -0.2) is 54.2 Å². The fourth-order valence-electron chi connectivity index (χ4n) is 3.92. The molecular weight excluding hydrogens is 292 g/mol. The lowest BCUT2D eigenvalue weighted by molar-refractivity contribution is 0.0749. The number of thiophene rings is 1. The molecule has 1 atom stereocenters. The molecule has 1 saturated carbocycles. The summed E-state index contributed by atoms with van der Waals surface area (Å²) in [7, 11) is 2.18. The van der Waals surface area contributed by atoms with Crippen molar-refractivity contribution in [2.45, 2.75) is 57.0 Å². The van der Waals surface area contributed by atoms with Crippen molar-refractivity contribution >= 4 is 11.3 Å². The summed E-state index contributed by atoms with van der Waals surface area (Å²) < 4.78 is 0. The van der Waals surface area contributed by atoms with Crippen LogP contribution in [0.2, 0.25) is 0 Å². The minimum absolute atomic E-state index is 0.299. The highest BCUT2D eigenvalue weighted by Gasteiger charge is 2.24. The fraction of sp³-hybridized carbons (Fsp3) is 0.778. The third kappa shape index (κ3) is 4.10. The second-order valence-corrected chi connectivity index (χ2v) is 8.22. The summed E-state index contributed by atoms with van der Waals surface area (Å²) >= 11 is 2.04. The zero-order chi connectivity index (χ0) is 15.4. The number of piperazine rings is 1. The maximum atomic E-state index is 9.22. The highest BCUT2D eigenvalue weighted by atomic mass is 32.1. The molecule has 2 heterocycles. The lowest BCUT2D eigenvalue weighted by atomic mass is 9.88. The molecule has 1 unspecified atom stereocenters. The maximum absolute atomic E-state index is 9.22. The van der Waals surface area contributed by atoms with Crippen LogP contribution in [0.15, 0.2) is 12.1 Å². The Morgan fingerprint density at radius 1 is 1.18 bits per heavy atom. The first-order valence-electron chi connectivity index (χ1n) is 8.88. The summed E-state index contributed by atoms with van der Waals surface area (Å²) in [5.74, 6) is 0.835. The molecule has 124 valence electrons. The summed E-state index contributed by atoms with van der Waals surface area (Å²) in [5.41, 5.74) is 0. The minimum atomic E-state index is 0.299. The van der Waals surface area contributed by atoms with Gasteiger partial charge in [0.1, 0.15) is 0 Å². The van der Waals surface area contributed by atoms with Crippen molar-refractivity contribution in [1.29, 1.82) is 0 Å². The van der Waals surface area contributed by atoms with Gasteiger partial charge in [0, 0.05) is 48.6 Å². The third-order valence-corrected chi connectivity index (χ3v) is 6.63. The Labute approximate surface area is 138 Å². The van der Waals surface area contributed by atoms with Gasteiger partial charge in [-0.25, -0.2) is 0 Å². The first kappa shape index (κ1) is 16.4. The van der Waals surface area contributed by atoms with Gasteiger partial charge in [-0.3, -0.25) is 4.90 Å². The van der Waals surface area contributed by atoms with Crippen LogP contribution in [0.25, 0.3) is 0 Å². The van der Waals surface area contributed by atoms with E-state index in [4.69, 9.17) is 0 Å². The van der Waals surface area contributed by atoms with E-state index in [0.29, 0.717) is 12.6 Å². The van der Waals surface area contributed by atoms with Gasteiger partial charge in [0.2, 0.25) is 0 Å². The molecule has 2 fully saturated rings. The van der Waals surface area contributed by atoms with E-state index in [1.807, 2.05) is 11.3 Å². The summed E-state index contributed by atoms with van der Waals surface area (Å²) in [5, 5.41) is 9.22. The van der Waals surface area contributed by atoms with Gasteiger partial charge in [0.15, 0.2) is 0 Å². The number of rotatable bonds is 5. The summed E-state index contributed by atoms with van der Waals surface area (Å²) in [6.07, 6.45) is 7.95. The van der Waals surface area contributed by atoms with Gasteiger partial charge in [-0.15, -0.1) is 11.3 Å². The molecule has 4 heteroatoms. The quantitative estimate of drug-likeness (QED) is 0.901. The average Bonchev–Trinajstić information content (AvgIpc) is 3.00. The third-order valence-electron chi connectivity index (χ3n) is 5.39. The van der Waals surface area contributed by atoms with Gasteiger partial charge < -0.3 is 10.0 Å². The van der Waals surface area contributed by atoms with E-state index in [2.05, 4.69) is 29.0 Å². The minimum Gasteiger partial charge on any atom is -0.396 e. The lowest BCUT2D eigenvalue weighted by Gasteiger charge is -2.39. The first-order valence-corrected chi connectivity index (χ1v) is 9.70. The summed E-state index contributed by atoms with van der Waals surface area (Å²) in [6.45, 7) is 4.75. The largest absolute Gasteiger partial charge is 0.396 e. The van der Waals surface area contributed by atoms with Crippen molar-refractivity contribution in [3.05, 3.63) is 21.9 Å². The average molecular weight is 323 g/mol. The van der Waals surface area contributed by atoms with E-state index >= 15 is 0 Å². The van der Waals surface area contributed by atoms with E-state index in [1.54, 1.807) is 4.88 Å². The van der Waals surface area contributed by atoms with E-state index < -0.39 is 0 Å². The Balaban J connectivity index is 1.55. The van der Waals surface area contributed by atoms with Gasteiger partial charge in [-0.1, -0.05) is 19.3 Å². The number of likely N-dealkylation sites (N-methyl/N-ethyl adjacent to an activating group) is 1. The van der Waals surface area contributed by atoms with Crippen molar-refractivity contribution in [3.8, 4) is 0 Å². The van der Waals surface area contributed by atoms with Gasteiger partial charge in [0.05, 0.1) is 0 Å². The van der Waals surface area contributed by atoms with E-state index in [1.165, 1.54) is 37.0 Å². The topological polar surface area (TPSA) is 26.7 Å². The molecule has 22 heavy (non-hydrogen) atoms. The molecular formula is C18H30N2OS. The highest BCUT2D eigenvalue weighted by molar-refractivity contribution is 7.12. The molecule has 0 radical (unpaired) electrons. The van der Waals surface area contributed by atoms with Crippen molar-refractivity contribution < 1.29 is 5.11 Å². The molecule has 1 aliphatic heterocycles. The van der Waals surface area contributed by atoms with Crippen LogP contribution in [0.5, 0.6) is 0 Å². The van der Waals surface area contributed by atoms with E-state index in [9.17, 15) is 5.11 Å². The Bertz CT molecular complexity index is 456. The van der Waals surface area contributed by atoms with Crippen molar-refractivity contribution in [2.75, 3.05) is 33.3 Å². The second kappa shape index (κ2) is 7.91. The molecule has 2 aliphatic rings. The van der Waals surface area contributed by atoms with Gasteiger partial charge in [0.25, 0.3) is 0 Å². The molecule has 0 bridgehead atoms. The molecule has 1 aromatic rings. The number of nitrogens with zero attached hydrogens (tertiary/aromatic N) is 2.